The number of aliphatic hydroxyl groups is 1. The molecule has 2 saturated carbocycles. The molecule has 2 aliphatic heterocycles. The van der Waals surface area contributed by atoms with E-state index in [1.54, 1.807) is 18.2 Å². The quantitative estimate of drug-likeness (QED) is 0.389. The molecule has 2 aliphatic carbocycles. The van der Waals surface area contributed by atoms with Gasteiger partial charge >= 0.3 is 0 Å². The van der Waals surface area contributed by atoms with Gasteiger partial charge in [-0.1, -0.05) is 12.5 Å². The predicted octanol–water partition coefficient (Wildman–Crippen LogP) is 2.72. The molecule has 0 radical (unpaired) electrons. The molecule has 1 aromatic heterocycles. The SMILES string of the molecule is O=C(NC[C@@H](O)[C@@H]1Cc2ccc(O)cc2CN1)c1cc(NC2CC3(CCC3)C2)nc(N2CCCCC2)n1. The third-order valence-corrected chi connectivity index (χ3v) is 8.83. The average molecular weight is 507 g/mol. The molecule has 3 fully saturated rings. The van der Waals surface area contributed by atoms with Crippen molar-refractivity contribution in [2.75, 3.05) is 29.9 Å². The number of hydrogen-bond acceptors (Lipinski definition) is 8. The number of rotatable bonds is 7. The summed E-state index contributed by atoms with van der Waals surface area (Å²) in [4.78, 5) is 24.8. The van der Waals surface area contributed by atoms with Crippen molar-refractivity contribution in [1.82, 2.24) is 20.6 Å². The van der Waals surface area contributed by atoms with Crippen molar-refractivity contribution < 1.29 is 15.0 Å². The fourth-order valence-corrected chi connectivity index (χ4v) is 6.47. The lowest BCUT2D eigenvalue weighted by Gasteiger charge is -2.54. The van der Waals surface area contributed by atoms with Crippen LogP contribution in [-0.4, -0.2) is 63.9 Å². The lowest BCUT2D eigenvalue weighted by molar-refractivity contribution is 0.0191. The zero-order chi connectivity index (χ0) is 25.4. The highest BCUT2D eigenvalue weighted by Crippen LogP contribution is 2.56. The van der Waals surface area contributed by atoms with Crippen LogP contribution in [0, 0.1) is 5.41 Å². The Morgan fingerprint density at radius 3 is 2.68 bits per heavy atom. The maximum absolute atomic E-state index is 13.2. The van der Waals surface area contributed by atoms with Gasteiger partial charge in [-0.2, -0.15) is 4.98 Å². The summed E-state index contributed by atoms with van der Waals surface area (Å²) in [6.45, 7) is 2.51. The van der Waals surface area contributed by atoms with Crippen LogP contribution in [0.25, 0.3) is 0 Å². The van der Waals surface area contributed by atoms with E-state index in [-0.39, 0.29) is 24.2 Å². The van der Waals surface area contributed by atoms with Gasteiger partial charge in [0.2, 0.25) is 5.95 Å². The van der Waals surface area contributed by atoms with E-state index in [0.29, 0.717) is 41.9 Å². The van der Waals surface area contributed by atoms with Gasteiger partial charge in [0.15, 0.2) is 0 Å². The number of aromatic nitrogens is 2. The predicted molar refractivity (Wildman–Crippen MR) is 142 cm³/mol. The first-order chi connectivity index (χ1) is 18.0. The Kier molecular flexibility index (Phi) is 6.67. The number of fused-ring (bicyclic) bond motifs is 1. The van der Waals surface area contributed by atoms with Gasteiger partial charge in [-0.15, -0.1) is 0 Å². The Bertz CT molecular complexity index is 1140. The summed E-state index contributed by atoms with van der Waals surface area (Å²) in [5.41, 5.74) is 3.03. The van der Waals surface area contributed by atoms with E-state index >= 15 is 0 Å². The molecule has 9 heteroatoms. The van der Waals surface area contributed by atoms with E-state index in [4.69, 9.17) is 4.98 Å². The lowest BCUT2D eigenvalue weighted by Crippen LogP contribution is -2.49. The Morgan fingerprint density at radius 1 is 1.11 bits per heavy atom. The minimum atomic E-state index is -0.749. The smallest absolute Gasteiger partial charge is 0.270 e. The van der Waals surface area contributed by atoms with Gasteiger partial charge in [0.25, 0.3) is 5.91 Å². The number of phenols is 1. The van der Waals surface area contributed by atoms with Crippen LogP contribution < -0.4 is 20.9 Å². The zero-order valence-corrected chi connectivity index (χ0v) is 21.4. The number of carbonyl (C=O) groups is 1. The molecule has 2 atom stereocenters. The molecule has 1 amide bonds. The lowest BCUT2D eigenvalue weighted by atomic mass is 9.54. The van der Waals surface area contributed by atoms with Crippen molar-refractivity contribution in [1.29, 1.82) is 0 Å². The Morgan fingerprint density at radius 2 is 1.92 bits per heavy atom. The van der Waals surface area contributed by atoms with Crippen molar-refractivity contribution in [3.05, 3.63) is 41.1 Å². The van der Waals surface area contributed by atoms with Gasteiger partial charge in [-0.05, 0) is 80.0 Å². The molecule has 2 aromatic rings. The minimum Gasteiger partial charge on any atom is -0.508 e. The average Bonchev–Trinajstić information content (AvgIpc) is 2.87. The number of aromatic hydroxyl groups is 1. The molecule has 1 aromatic carbocycles. The van der Waals surface area contributed by atoms with Crippen LogP contribution in [0.4, 0.5) is 11.8 Å². The first kappa shape index (κ1) is 24.4. The molecular formula is C28H38N6O3. The van der Waals surface area contributed by atoms with E-state index in [1.165, 1.54) is 38.5 Å². The summed E-state index contributed by atoms with van der Waals surface area (Å²) in [7, 11) is 0. The number of aliphatic hydroxyl groups excluding tert-OH is 1. The molecule has 0 unspecified atom stereocenters. The molecule has 4 aliphatic rings. The number of hydrogen-bond donors (Lipinski definition) is 5. The van der Waals surface area contributed by atoms with E-state index in [0.717, 1.165) is 37.1 Å². The van der Waals surface area contributed by atoms with E-state index < -0.39 is 6.10 Å². The highest BCUT2D eigenvalue weighted by atomic mass is 16.3. The summed E-state index contributed by atoms with van der Waals surface area (Å²) < 4.78 is 0. The maximum Gasteiger partial charge on any atom is 0.270 e. The van der Waals surface area contributed by atoms with Crippen molar-refractivity contribution in [3.8, 4) is 5.75 Å². The second-order valence-corrected chi connectivity index (χ2v) is 11.5. The highest BCUT2D eigenvalue weighted by Gasteiger charge is 2.48. The van der Waals surface area contributed by atoms with Crippen LogP contribution in [0.15, 0.2) is 24.3 Å². The molecule has 0 bridgehead atoms. The summed E-state index contributed by atoms with van der Waals surface area (Å²) in [5.74, 6) is 1.28. The molecule has 37 heavy (non-hydrogen) atoms. The van der Waals surface area contributed by atoms with Crippen LogP contribution in [0.2, 0.25) is 0 Å². The monoisotopic (exact) mass is 506 g/mol. The number of benzene rings is 1. The molecular weight excluding hydrogens is 468 g/mol. The largest absolute Gasteiger partial charge is 0.508 e. The van der Waals surface area contributed by atoms with Gasteiger partial charge in [0.1, 0.15) is 17.3 Å². The van der Waals surface area contributed by atoms with Gasteiger partial charge in [0, 0.05) is 44.3 Å². The normalized spacial score (nSPS) is 23.5. The molecule has 1 saturated heterocycles. The van der Waals surface area contributed by atoms with Gasteiger partial charge < -0.3 is 31.1 Å². The van der Waals surface area contributed by atoms with Crippen LogP contribution >= 0.6 is 0 Å². The summed E-state index contributed by atoms with van der Waals surface area (Å²) in [6.07, 6.45) is 9.71. The third kappa shape index (κ3) is 5.25. The summed E-state index contributed by atoms with van der Waals surface area (Å²) in [5, 5.41) is 30.3. The highest BCUT2D eigenvalue weighted by molar-refractivity contribution is 5.93. The molecule has 9 nitrogen and oxygen atoms in total. The molecule has 3 heterocycles. The maximum atomic E-state index is 13.2. The second kappa shape index (κ2) is 10.1. The van der Waals surface area contributed by atoms with Crippen LogP contribution in [0.1, 0.15) is 73.0 Å². The fourth-order valence-electron chi connectivity index (χ4n) is 6.47. The zero-order valence-electron chi connectivity index (χ0n) is 21.4. The number of phenolic OH excluding ortho intramolecular Hbond substituents is 1. The number of amides is 1. The third-order valence-electron chi connectivity index (χ3n) is 8.83. The van der Waals surface area contributed by atoms with Crippen molar-refractivity contribution in [3.63, 3.8) is 0 Å². The Balaban J connectivity index is 1.11. The fraction of sp³-hybridized carbons (Fsp3) is 0.607. The number of nitrogens with one attached hydrogen (secondary N) is 3. The van der Waals surface area contributed by atoms with E-state index in [9.17, 15) is 15.0 Å². The van der Waals surface area contributed by atoms with Crippen molar-refractivity contribution >= 4 is 17.7 Å². The van der Waals surface area contributed by atoms with Crippen molar-refractivity contribution in [2.45, 2.75) is 82.5 Å². The first-order valence-electron chi connectivity index (χ1n) is 13.9. The summed E-state index contributed by atoms with van der Waals surface area (Å²) >= 11 is 0. The Hall–Kier alpha value is -2.91. The van der Waals surface area contributed by atoms with E-state index in [2.05, 4.69) is 25.8 Å². The molecule has 5 N–H and O–H groups in total. The van der Waals surface area contributed by atoms with Crippen LogP contribution in [0.5, 0.6) is 5.75 Å². The number of carbonyl (C=O) groups excluding carboxylic acids is 1. The van der Waals surface area contributed by atoms with Gasteiger partial charge in [-0.3, -0.25) is 4.79 Å². The van der Waals surface area contributed by atoms with Gasteiger partial charge in [-0.25, -0.2) is 4.98 Å². The number of nitrogens with zero attached hydrogens (tertiary/aromatic N) is 3. The topological polar surface area (TPSA) is 123 Å². The Labute approximate surface area is 218 Å². The second-order valence-electron chi connectivity index (χ2n) is 11.5. The van der Waals surface area contributed by atoms with E-state index in [1.807, 2.05) is 6.07 Å². The van der Waals surface area contributed by atoms with Crippen LogP contribution in [-0.2, 0) is 13.0 Å². The van der Waals surface area contributed by atoms with Crippen molar-refractivity contribution in [2.24, 2.45) is 5.41 Å². The van der Waals surface area contributed by atoms with Gasteiger partial charge in [0.05, 0.1) is 6.10 Å². The van der Waals surface area contributed by atoms with Crippen LogP contribution in [0.3, 0.4) is 0 Å². The minimum absolute atomic E-state index is 0.126. The molecule has 198 valence electrons. The summed E-state index contributed by atoms with van der Waals surface area (Å²) in [6, 6.07) is 7.30. The standard InChI is InChI=1S/C28H38N6O3/c35-21-6-5-18-12-22(29-16-19(18)11-21)24(36)17-30-26(37)23-13-25(31-20-14-28(15-20)7-4-8-28)33-27(32-23)34-9-2-1-3-10-34/h5-6,11,13,20,22,24,29,35-36H,1-4,7-10,12,14-17H2,(H,30,37)(H,31,32,33)/t22-,24+/m0/s1. The molecule has 6 rings (SSSR count). The molecule has 1 spiro atoms. The number of piperidine rings is 1. The number of anilines is 2. The first-order valence-corrected chi connectivity index (χ1v) is 13.9.